The van der Waals surface area contributed by atoms with Gasteiger partial charge in [-0.1, -0.05) is 0 Å². The maximum Gasteiger partial charge on any atom is 0.313 e. The normalized spacial score (nSPS) is 10.1. The first-order valence-corrected chi connectivity index (χ1v) is 4.60. The molecule has 66 valence electrons. The minimum atomic E-state index is -0.776. The van der Waals surface area contributed by atoms with E-state index in [0.29, 0.717) is 5.75 Å². The summed E-state index contributed by atoms with van der Waals surface area (Å²) in [5, 5.41) is 8.37. The number of thioether (sulfide) groups is 1. The van der Waals surface area contributed by atoms with Crippen LogP contribution in [0.2, 0.25) is 0 Å². The fraction of sp³-hybridized carbons (Fsp3) is 0.429. The van der Waals surface area contributed by atoms with Gasteiger partial charge in [0, 0.05) is 24.7 Å². The standard InChI is InChI=1S/C7H10N2O2S/c1-9-5-8-2-6(9)3-12-4-7(10)11/h2,5H,3-4H2,1H3,(H,10,11). The SMILES string of the molecule is Cn1cncc1CSCC(=O)O. The number of aromatic nitrogens is 2. The van der Waals surface area contributed by atoms with Gasteiger partial charge in [-0.2, -0.15) is 0 Å². The summed E-state index contributed by atoms with van der Waals surface area (Å²) >= 11 is 1.37. The van der Waals surface area contributed by atoms with Crippen molar-refractivity contribution in [2.24, 2.45) is 7.05 Å². The fourth-order valence-electron chi connectivity index (χ4n) is 0.767. The maximum atomic E-state index is 10.2. The van der Waals surface area contributed by atoms with Gasteiger partial charge in [-0.15, -0.1) is 11.8 Å². The molecule has 0 aromatic carbocycles. The van der Waals surface area contributed by atoms with Gasteiger partial charge < -0.3 is 9.67 Å². The Labute approximate surface area is 74.6 Å². The number of nitrogens with zero attached hydrogens (tertiary/aromatic N) is 2. The molecule has 0 atom stereocenters. The van der Waals surface area contributed by atoms with Crippen LogP contribution in [-0.4, -0.2) is 26.4 Å². The molecule has 4 nitrogen and oxygen atoms in total. The highest BCUT2D eigenvalue weighted by molar-refractivity contribution is 7.99. The van der Waals surface area contributed by atoms with Crippen molar-refractivity contribution in [3.63, 3.8) is 0 Å². The molecule has 0 unspecified atom stereocenters. The predicted molar refractivity (Wildman–Crippen MR) is 47.0 cm³/mol. The van der Waals surface area contributed by atoms with Crippen LogP contribution in [0.1, 0.15) is 5.69 Å². The third-order valence-electron chi connectivity index (χ3n) is 1.39. The Morgan fingerprint density at radius 3 is 3.08 bits per heavy atom. The van der Waals surface area contributed by atoms with E-state index in [9.17, 15) is 4.79 Å². The minimum absolute atomic E-state index is 0.144. The number of aliphatic carboxylic acids is 1. The lowest BCUT2D eigenvalue weighted by atomic mass is 10.5. The summed E-state index contributed by atoms with van der Waals surface area (Å²) in [5.41, 5.74) is 1.04. The molecule has 5 heteroatoms. The first-order chi connectivity index (χ1) is 5.70. The molecule has 0 spiro atoms. The topological polar surface area (TPSA) is 55.1 Å². The molecule has 0 saturated carbocycles. The summed E-state index contributed by atoms with van der Waals surface area (Å²) in [6.07, 6.45) is 3.45. The van der Waals surface area contributed by atoms with Crippen LogP contribution in [0.5, 0.6) is 0 Å². The molecule has 0 amide bonds. The zero-order chi connectivity index (χ0) is 8.97. The molecule has 0 saturated heterocycles. The molecular formula is C7H10N2O2S. The number of aryl methyl sites for hydroxylation is 1. The highest BCUT2D eigenvalue weighted by Gasteiger charge is 2.00. The van der Waals surface area contributed by atoms with Crippen LogP contribution in [0.15, 0.2) is 12.5 Å². The lowest BCUT2D eigenvalue weighted by molar-refractivity contribution is -0.133. The second-order valence-electron chi connectivity index (χ2n) is 2.38. The summed E-state index contributed by atoms with van der Waals surface area (Å²) in [5.74, 6) is 0.0655. The minimum Gasteiger partial charge on any atom is -0.481 e. The van der Waals surface area contributed by atoms with Crippen LogP contribution in [0.4, 0.5) is 0 Å². The van der Waals surface area contributed by atoms with Crippen molar-refractivity contribution in [1.82, 2.24) is 9.55 Å². The first kappa shape index (κ1) is 9.12. The summed E-state index contributed by atoms with van der Waals surface area (Å²) in [4.78, 5) is 14.1. The predicted octanol–water partition coefficient (Wildman–Crippen LogP) is 0.738. The van der Waals surface area contributed by atoms with Crippen molar-refractivity contribution < 1.29 is 9.90 Å². The van der Waals surface area contributed by atoms with Gasteiger partial charge in [0.15, 0.2) is 0 Å². The quantitative estimate of drug-likeness (QED) is 0.753. The molecule has 1 rings (SSSR count). The van der Waals surface area contributed by atoms with Crippen LogP contribution < -0.4 is 0 Å². The monoisotopic (exact) mass is 186 g/mol. The molecule has 0 radical (unpaired) electrons. The molecular weight excluding hydrogens is 176 g/mol. The third kappa shape index (κ3) is 2.58. The van der Waals surface area contributed by atoms with E-state index in [-0.39, 0.29) is 5.75 Å². The number of rotatable bonds is 4. The summed E-state index contributed by atoms with van der Waals surface area (Å²) in [6.45, 7) is 0. The summed E-state index contributed by atoms with van der Waals surface area (Å²) < 4.78 is 1.88. The van der Waals surface area contributed by atoms with Crippen molar-refractivity contribution in [3.8, 4) is 0 Å². The maximum absolute atomic E-state index is 10.2. The number of carbonyl (C=O) groups is 1. The van der Waals surface area contributed by atoms with Gasteiger partial charge in [-0.3, -0.25) is 4.79 Å². The molecule has 0 aliphatic carbocycles. The smallest absolute Gasteiger partial charge is 0.313 e. The Morgan fingerprint density at radius 1 is 1.83 bits per heavy atom. The van der Waals surface area contributed by atoms with E-state index < -0.39 is 5.97 Å². The van der Waals surface area contributed by atoms with Crippen LogP contribution in [0.25, 0.3) is 0 Å². The van der Waals surface area contributed by atoms with Crippen LogP contribution >= 0.6 is 11.8 Å². The van der Waals surface area contributed by atoms with E-state index in [1.807, 2.05) is 11.6 Å². The zero-order valence-corrected chi connectivity index (χ0v) is 7.54. The third-order valence-corrected chi connectivity index (χ3v) is 2.34. The van der Waals surface area contributed by atoms with Gasteiger partial charge in [0.2, 0.25) is 0 Å². The van der Waals surface area contributed by atoms with E-state index in [2.05, 4.69) is 4.98 Å². The number of carboxylic acids is 1. The molecule has 1 aromatic heterocycles. The molecule has 0 bridgehead atoms. The molecule has 0 aliphatic rings. The van der Waals surface area contributed by atoms with Crippen molar-refractivity contribution in [2.45, 2.75) is 5.75 Å². The number of hydrogen-bond donors (Lipinski definition) is 1. The van der Waals surface area contributed by atoms with Crippen molar-refractivity contribution in [1.29, 1.82) is 0 Å². The highest BCUT2D eigenvalue weighted by atomic mass is 32.2. The second-order valence-corrected chi connectivity index (χ2v) is 3.37. The average Bonchev–Trinajstić information content (AvgIpc) is 2.36. The van der Waals surface area contributed by atoms with Gasteiger partial charge in [0.1, 0.15) is 0 Å². The lowest BCUT2D eigenvalue weighted by Crippen LogP contribution is -1.99. The summed E-state index contributed by atoms with van der Waals surface area (Å²) in [6, 6.07) is 0. The second kappa shape index (κ2) is 4.15. The number of imidazole rings is 1. The lowest BCUT2D eigenvalue weighted by Gasteiger charge is -1.99. The molecule has 1 aromatic rings. The Balaban J connectivity index is 2.33. The number of carboxylic acid groups (broad SMARTS) is 1. The molecule has 12 heavy (non-hydrogen) atoms. The van der Waals surface area contributed by atoms with Crippen LogP contribution in [-0.2, 0) is 17.6 Å². The Bertz CT molecular complexity index is 272. The van der Waals surface area contributed by atoms with E-state index in [0.717, 1.165) is 5.69 Å². The largest absolute Gasteiger partial charge is 0.481 e. The van der Waals surface area contributed by atoms with Crippen molar-refractivity contribution in [3.05, 3.63) is 18.2 Å². The van der Waals surface area contributed by atoms with E-state index in [4.69, 9.17) is 5.11 Å². The zero-order valence-electron chi connectivity index (χ0n) is 6.73. The van der Waals surface area contributed by atoms with Gasteiger partial charge in [-0.05, 0) is 0 Å². The molecule has 1 N–H and O–H groups in total. The van der Waals surface area contributed by atoms with Gasteiger partial charge in [-0.25, -0.2) is 4.98 Å². The van der Waals surface area contributed by atoms with Gasteiger partial charge in [0.05, 0.1) is 12.1 Å². The van der Waals surface area contributed by atoms with Gasteiger partial charge in [0.25, 0.3) is 0 Å². The van der Waals surface area contributed by atoms with E-state index in [1.54, 1.807) is 12.5 Å². The Hall–Kier alpha value is -0.970. The Morgan fingerprint density at radius 2 is 2.58 bits per heavy atom. The average molecular weight is 186 g/mol. The molecule has 0 aliphatic heterocycles. The molecule has 0 fully saturated rings. The molecule has 1 heterocycles. The van der Waals surface area contributed by atoms with Crippen LogP contribution in [0.3, 0.4) is 0 Å². The summed E-state index contributed by atoms with van der Waals surface area (Å²) in [7, 11) is 1.89. The Kier molecular flexibility index (Phi) is 3.16. The van der Waals surface area contributed by atoms with Crippen molar-refractivity contribution >= 4 is 17.7 Å². The fourth-order valence-corrected chi connectivity index (χ4v) is 1.53. The van der Waals surface area contributed by atoms with Gasteiger partial charge >= 0.3 is 5.97 Å². The number of hydrogen-bond acceptors (Lipinski definition) is 3. The highest BCUT2D eigenvalue weighted by Crippen LogP contribution is 2.09. The van der Waals surface area contributed by atoms with Crippen LogP contribution in [0, 0.1) is 0 Å². The van der Waals surface area contributed by atoms with Crippen molar-refractivity contribution in [2.75, 3.05) is 5.75 Å². The first-order valence-electron chi connectivity index (χ1n) is 3.45. The van der Waals surface area contributed by atoms with E-state index in [1.165, 1.54) is 11.8 Å². The van der Waals surface area contributed by atoms with E-state index >= 15 is 0 Å².